The Morgan fingerprint density at radius 2 is 2.10 bits per heavy atom. The monoisotopic (exact) mass is 298 g/mol. The van der Waals surface area contributed by atoms with Crippen LogP contribution in [0.2, 0.25) is 0 Å². The van der Waals surface area contributed by atoms with Crippen LogP contribution in [0.5, 0.6) is 5.75 Å². The highest BCUT2D eigenvalue weighted by atomic mass is 32.1. The molecule has 0 atom stereocenters. The van der Waals surface area contributed by atoms with E-state index in [1.54, 1.807) is 4.52 Å². The second-order valence-corrected chi connectivity index (χ2v) is 5.67. The molecule has 3 rings (SSSR count). The van der Waals surface area contributed by atoms with E-state index in [0.29, 0.717) is 18.0 Å². The third-order valence-electron chi connectivity index (χ3n) is 3.22. The summed E-state index contributed by atoms with van der Waals surface area (Å²) in [5.41, 5.74) is 2.47. The molecule has 106 valence electrons. The number of aromatic nitrogens is 3. The molecule has 3 aromatic rings. The van der Waals surface area contributed by atoms with Gasteiger partial charge in [0.2, 0.25) is 4.96 Å². The minimum absolute atomic E-state index is 0.378. The molecular formula is C15H14N4OS. The number of nitriles is 1. The average molecular weight is 298 g/mol. The van der Waals surface area contributed by atoms with Gasteiger partial charge in [0.15, 0.2) is 10.7 Å². The number of nitrogens with zero attached hydrogens (tertiary/aromatic N) is 4. The number of hydrogen-bond donors (Lipinski definition) is 0. The fraction of sp³-hybridized carbons (Fsp3) is 0.267. The Morgan fingerprint density at radius 1 is 1.33 bits per heavy atom. The van der Waals surface area contributed by atoms with Crippen LogP contribution in [0, 0.1) is 18.3 Å². The van der Waals surface area contributed by atoms with Gasteiger partial charge in [-0.15, -0.1) is 0 Å². The van der Waals surface area contributed by atoms with Crippen molar-refractivity contribution < 1.29 is 4.74 Å². The second-order valence-electron chi connectivity index (χ2n) is 4.63. The first-order chi connectivity index (χ1) is 10.2. The summed E-state index contributed by atoms with van der Waals surface area (Å²) in [4.78, 5) is 5.05. The van der Waals surface area contributed by atoms with E-state index >= 15 is 0 Å². The maximum absolute atomic E-state index is 9.09. The third-order valence-corrected chi connectivity index (χ3v) is 4.10. The summed E-state index contributed by atoms with van der Waals surface area (Å²) in [6.45, 7) is 4.31. The molecule has 0 fully saturated rings. The Bertz CT molecular complexity index is 811. The number of fused-ring (bicyclic) bond motifs is 1. The van der Waals surface area contributed by atoms with Gasteiger partial charge in [-0.3, -0.25) is 0 Å². The van der Waals surface area contributed by atoms with Crippen molar-refractivity contribution in [2.24, 2.45) is 0 Å². The van der Waals surface area contributed by atoms with Gasteiger partial charge in [0.1, 0.15) is 18.4 Å². The van der Waals surface area contributed by atoms with Crippen molar-refractivity contribution in [3.63, 3.8) is 0 Å². The molecule has 0 saturated carbocycles. The van der Waals surface area contributed by atoms with Gasteiger partial charge in [-0.05, 0) is 31.0 Å². The SMILES string of the molecule is CCc1ccc(OCc2nn3c(C#N)c(C)nc3s2)cc1. The molecule has 0 aliphatic carbocycles. The lowest BCUT2D eigenvalue weighted by atomic mass is 10.2. The van der Waals surface area contributed by atoms with Crippen molar-refractivity contribution in [3.8, 4) is 11.8 Å². The Labute approximate surface area is 126 Å². The van der Waals surface area contributed by atoms with Gasteiger partial charge < -0.3 is 4.74 Å². The molecule has 21 heavy (non-hydrogen) atoms. The molecule has 0 bridgehead atoms. The molecule has 2 heterocycles. The summed E-state index contributed by atoms with van der Waals surface area (Å²) >= 11 is 1.44. The number of ether oxygens (including phenoxy) is 1. The molecule has 0 aliphatic rings. The maximum Gasteiger partial charge on any atom is 0.213 e. The standard InChI is InChI=1S/C15H14N4OS/c1-3-11-4-6-12(7-5-11)20-9-14-18-19-13(8-16)10(2)17-15(19)21-14/h4-7H,3,9H2,1-2H3. The van der Waals surface area contributed by atoms with E-state index in [0.717, 1.165) is 22.1 Å². The van der Waals surface area contributed by atoms with E-state index in [2.05, 4.69) is 35.2 Å². The third kappa shape index (κ3) is 2.60. The zero-order valence-corrected chi connectivity index (χ0v) is 12.6. The van der Waals surface area contributed by atoms with Gasteiger partial charge in [0.05, 0.1) is 5.69 Å². The fourth-order valence-corrected chi connectivity index (χ4v) is 2.89. The Kier molecular flexibility index (Phi) is 3.59. The van der Waals surface area contributed by atoms with E-state index in [1.165, 1.54) is 16.9 Å². The summed E-state index contributed by atoms with van der Waals surface area (Å²) < 4.78 is 7.30. The van der Waals surface area contributed by atoms with Gasteiger partial charge >= 0.3 is 0 Å². The molecule has 0 amide bonds. The van der Waals surface area contributed by atoms with Gasteiger partial charge in [-0.2, -0.15) is 14.9 Å². The number of imidazole rings is 1. The molecule has 5 nitrogen and oxygen atoms in total. The summed E-state index contributed by atoms with van der Waals surface area (Å²) in [5.74, 6) is 0.816. The molecule has 2 aromatic heterocycles. The van der Waals surface area contributed by atoms with E-state index in [-0.39, 0.29) is 0 Å². The predicted octanol–water partition coefficient (Wildman–Crippen LogP) is 3.11. The van der Waals surface area contributed by atoms with Crippen molar-refractivity contribution in [3.05, 3.63) is 46.2 Å². The molecule has 0 radical (unpaired) electrons. The van der Waals surface area contributed by atoms with Crippen molar-refractivity contribution in [1.82, 2.24) is 14.6 Å². The van der Waals surface area contributed by atoms with E-state index < -0.39 is 0 Å². The zero-order valence-electron chi connectivity index (χ0n) is 11.8. The Balaban J connectivity index is 1.76. The highest BCUT2D eigenvalue weighted by Crippen LogP contribution is 2.20. The molecular weight excluding hydrogens is 284 g/mol. The van der Waals surface area contributed by atoms with E-state index in [1.807, 2.05) is 19.1 Å². The topological polar surface area (TPSA) is 63.2 Å². The smallest absolute Gasteiger partial charge is 0.213 e. The minimum Gasteiger partial charge on any atom is -0.486 e. The van der Waals surface area contributed by atoms with E-state index in [9.17, 15) is 0 Å². The van der Waals surface area contributed by atoms with Crippen molar-refractivity contribution in [2.45, 2.75) is 26.9 Å². The second kappa shape index (κ2) is 5.54. The van der Waals surface area contributed by atoms with Crippen LogP contribution in [0.1, 0.15) is 28.9 Å². The van der Waals surface area contributed by atoms with Crippen LogP contribution in [-0.2, 0) is 13.0 Å². The number of rotatable bonds is 4. The minimum atomic E-state index is 0.378. The molecule has 1 aromatic carbocycles. The van der Waals surface area contributed by atoms with E-state index in [4.69, 9.17) is 10.00 Å². The van der Waals surface area contributed by atoms with Crippen LogP contribution in [0.25, 0.3) is 4.96 Å². The lowest BCUT2D eigenvalue weighted by Gasteiger charge is -2.04. The van der Waals surface area contributed by atoms with Crippen LogP contribution in [0.3, 0.4) is 0 Å². The lowest BCUT2D eigenvalue weighted by Crippen LogP contribution is -1.97. The summed E-state index contributed by atoms with van der Waals surface area (Å²) in [6.07, 6.45) is 1.01. The van der Waals surface area contributed by atoms with Crippen LogP contribution in [0.4, 0.5) is 0 Å². The molecule has 0 unspecified atom stereocenters. The maximum atomic E-state index is 9.09. The lowest BCUT2D eigenvalue weighted by molar-refractivity contribution is 0.304. The van der Waals surface area contributed by atoms with Gasteiger partial charge in [0, 0.05) is 0 Å². The first-order valence-electron chi connectivity index (χ1n) is 6.68. The average Bonchev–Trinajstić information content (AvgIpc) is 3.01. The van der Waals surface area contributed by atoms with Gasteiger partial charge in [-0.1, -0.05) is 30.4 Å². The number of benzene rings is 1. The van der Waals surface area contributed by atoms with Crippen LogP contribution >= 0.6 is 11.3 Å². The molecule has 0 saturated heterocycles. The molecule has 0 N–H and O–H groups in total. The summed E-state index contributed by atoms with van der Waals surface area (Å²) in [7, 11) is 0. The fourth-order valence-electron chi connectivity index (χ4n) is 2.04. The Hall–Kier alpha value is -2.39. The van der Waals surface area contributed by atoms with Crippen LogP contribution in [-0.4, -0.2) is 14.6 Å². The highest BCUT2D eigenvalue weighted by Gasteiger charge is 2.13. The highest BCUT2D eigenvalue weighted by molar-refractivity contribution is 7.16. The van der Waals surface area contributed by atoms with Crippen molar-refractivity contribution in [2.75, 3.05) is 0 Å². The van der Waals surface area contributed by atoms with Crippen LogP contribution < -0.4 is 4.74 Å². The predicted molar refractivity (Wildman–Crippen MR) is 80.5 cm³/mol. The normalized spacial score (nSPS) is 10.7. The quantitative estimate of drug-likeness (QED) is 0.742. The Morgan fingerprint density at radius 3 is 2.76 bits per heavy atom. The molecule has 6 heteroatoms. The summed E-state index contributed by atoms with van der Waals surface area (Å²) in [5, 5.41) is 14.3. The first kappa shape index (κ1) is 13.6. The zero-order chi connectivity index (χ0) is 14.8. The van der Waals surface area contributed by atoms with Crippen molar-refractivity contribution >= 4 is 16.3 Å². The molecule has 0 aliphatic heterocycles. The summed E-state index contributed by atoms with van der Waals surface area (Å²) in [6, 6.07) is 10.2. The van der Waals surface area contributed by atoms with Crippen molar-refractivity contribution in [1.29, 1.82) is 5.26 Å². The van der Waals surface area contributed by atoms with Gasteiger partial charge in [-0.25, -0.2) is 4.98 Å². The number of aryl methyl sites for hydroxylation is 2. The van der Waals surface area contributed by atoms with Crippen LogP contribution in [0.15, 0.2) is 24.3 Å². The molecule has 0 spiro atoms. The van der Waals surface area contributed by atoms with Gasteiger partial charge in [0.25, 0.3) is 0 Å². The largest absolute Gasteiger partial charge is 0.486 e. The number of hydrogen-bond acceptors (Lipinski definition) is 5. The first-order valence-corrected chi connectivity index (χ1v) is 7.49.